The van der Waals surface area contributed by atoms with Crippen molar-refractivity contribution in [1.82, 2.24) is 9.88 Å². The molecule has 6 heteroatoms. The van der Waals surface area contributed by atoms with Gasteiger partial charge in [0.1, 0.15) is 0 Å². The molecule has 2 amide bonds. The van der Waals surface area contributed by atoms with Crippen LogP contribution in [-0.4, -0.2) is 34.8 Å². The third-order valence-electron chi connectivity index (χ3n) is 3.46. The summed E-state index contributed by atoms with van der Waals surface area (Å²) in [6.07, 6.45) is 5.64. The molecule has 110 valence electrons. The van der Waals surface area contributed by atoms with E-state index in [0.29, 0.717) is 11.7 Å². The van der Waals surface area contributed by atoms with E-state index in [9.17, 15) is 9.59 Å². The molecule has 1 aromatic heterocycles. The zero-order valence-corrected chi connectivity index (χ0v) is 12.8. The fourth-order valence-electron chi connectivity index (χ4n) is 2.20. The molecule has 1 aliphatic rings. The molecule has 0 unspecified atom stereocenters. The van der Waals surface area contributed by atoms with Gasteiger partial charge in [-0.15, -0.1) is 11.3 Å². The van der Waals surface area contributed by atoms with Crippen LogP contribution in [0.1, 0.15) is 37.5 Å². The van der Waals surface area contributed by atoms with Crippen molar-refractivity contribution >= 4 is 28.3 Å². The van der Waals surface area contributed by atoms with E-state index < -0.39 is 0 Å². The van der Waals surface area contributed by atoms with Crippen LogP contribution in [0.3, 0.4) is 0 Å². The zero-order valence-electron chi connectivity index (χ0n) is 12.0. The summed E-state index contributed by atoms with van der Waals surface area (Å²) in [6, 6.07) is 0. The van der Waals surface area contributed by atoms with Gasteiger partial charge in [0.2, 0.25) is 11.8 Å². The molecule has 5 nitrogen and oxygen atoms in total. The van der Waals surface area contributed by atoms with Crippen molar-refractivity contribution in [2.75, 3.05) is 18.4 Å². The van der Waals surface area contributed by atoms with Crippen LogP contribution < -0.4 is 5.32 Å². The highest BCUT2D eigenvalue weighted by Crippen LogP contribution is 2.28. The molecule has 0 spiro atoms. The van der Waals surface area contributed by atoms with Gasteiger partial charge < -0.3 is 10.2 Å². The molecule has 0 aromatic carbocycles. The summed E-state index contributed by atoms with van der Waals surface area (Å²) >= 11 is 1.44. The quantitative estimate of drug-likeness (QED) is 0.876. The van der Waals surface area contributed by atoms with Crippen LogP contribution in [0.5, 0.6) is 0 Å². The number of anilines is 1. The number of nitrogens with zero attached hydrogens (tertiary/aromatic N) is 2. The van der Waals surface area contributed by atoms with Gasteiger partial charge in [-0.2, -0.15) is 0 Å². The third kappa shape index (κ3) is 3.79. The number of hydrogen-bond donors (Lipinski definition) is 1. The van der Waals surface area contributed by atoms with Gasteiger partial charge in [-0.25, -0.2) is 4.98 Å². The van der Waals surface area contributed by atoms with Gasteiger partial charge in [0.25, 0.3) is 0 Å². The number of rotatable bonds is 6. The van der Waals surface area contributed by atoms with Gasteiger partial charge in [-0.3, -0.25) is 9.59 Å². The molecule has 0 saturated heterocycles. The normalized spacial score (nSPS) is 14.7. The maximum absolute atomic E-state index is 12.2. The molecule has 2 rings (SSSR count). The third-order valence-corrected chi connectivity index (χ3v) is 4.29. The number of carbonyl (C=O) groups excluding carboxylic acids is 2. The minimum Gasteiger partial charge on any atom is -0.333 e. The van der Waals surface area contributed by atoms with Gasteiger partial charge in [0.15, 0.2) is 5.13 Å². The first-order valence-electron chi connectivity index (χ1n) is 7.11. The molecule has 1 aromatic rings. The fourth-order valence-corrected chi connectivity index (χ4v) is 2.88. The minimum absolute atomic E-state index is 0.127. The van der Waals surface area contributed by atoms with Crippen LogP contribution in [0.4, 0.5) is 5.13 Å². The van der Waals surface area contributed by atoms with Crippen LogP contribution in [0.25, 0.3) is 0 Å². The van der Waals surface area contributed by atoms with E-state index in [4.69, 9.17) is 0 Å². The number of aryl methyl sites for hydroxylation is 1. The number of thiazole rings is 1. The lowest BCUT2D eigenvalue weighted by Crippen LogP contribution is -2.43. The smallest absolute Gasteiger partial charge is 0.245 e. The Kier molecular flexibility index (Phi) is 5.11. The second kappa shape index (κ2) is 6.83. The zero-order chi connectivity index (χ0) is 14.5. The Balaban J connectivity index is 1.89. The molecule has 0 atom stereocenters. The first-order valence-corrected chi connectivity index (χ1v) is 7.93. The highest BCUT2D eigenvalue weighted by Gasteiger charge is 2.30. The van der Waals surface area contributed by atoms with E-state index in [1.54, 1.807) is 11.1 Å². The van der Waals surface area contributed by atoms with Crippen molar-refractivity contribution < 1.29 is 9.59 Å². The molecular formula is C14H21N3O2S. The molecule has 20 heavy (non-hydrogen) atoms. The lowest BCUT2D eigenvalue weighted by molar-refractivity contribution is -0.140. The largest absolute Gasteiger partial charge is 0.333 e. The Morgan fingerprint density at radius 3 is 2.75 bits per heavy atom. The van der Waals surface area contributed by atoms with Gasteiger partial charge in [0, 0.05) is 23.5 Å². The molecule has 1 N–H and O–H groups in total. The Hall–Kier alpha value is -1.43. The lowest BCUT2D eigenvalue weighted by Gasteiger charge is -2.31. The van der Waals surface area contributed by atoms with E-state index in [1.165, 1.54) is 11.3 Å². The first kappa shape index (κ1) is 15.0. The summed E-state index contributed by atoms with van der Waals surface area (Å²) < 4.78 is 0. The summed E-state index contributed by atoms with van der Waals surface area (Å²) in [5.41, 5.74) is 0. The Bertz CT molecular complexity index is 483. The maximum atomic E-state index is 12.2. The van der Waals surface area contributed by atoms with Crippen molar-refractivity contribution in [2.24, 2.45) is 5.92 Å². The number of amides is 2. The molecule has 1 saturated carbocycles. The molecule has 1 fully saturated rings. The van der Waals surface area contributed by atoms with E-state index >= 15 is 0 Å². The molecule has 1 aliphatic carbocycles. The predicted octanol–water partition coefficient (Wildman–Crippen LogP) is 2.43. The Labute approximate surface area is 123 Å². The van der Waals surface area contributed by atoms with Crippen LogP contribution >= 0.6 is 11.3 Å². The van der Waals surface area contributed by atoms with Crippen molar-refractivity contribution in [3.8, 4) is 0 Å². The van der Waals surface area contributed by atoms with Crippen molar-refractivity contribution in [3.05, 3.63) is 11.1 Å². The standard InChI is InChI=1S/C14H21N3O2S/c1-3-7-17(13(19)11-5-4-6-11)9-12(18)16-14-15-8-10(2)20-14/h8,11H,3-7,9H2,1-2H3,(H,15,16,18). The van der Waals surface area contributed by atoms with Crippen molar-refractivity contribution in [3.63, 3.8) is 0 Å². The summed E-state index contributed by atoms with van der Waals surface area (Å²) in [5, 5.41) is 3.35. The molecule has 0 radical (unpaired) electrons. The van der Waals surface area contributed by atoms with Crippen molar-refractivity contribution in [1.29, 1.82) is 0 Å². The average molecular weight is 295 g/mol. The van der Waals surface area contributed by atoms with Gasteiger partial charge in [0.05, 0.1) is 6.54 Å². The second-order valence-corrected chi connectivity index (χ2v) is 6.45. The van der Waals surface area contributed by atoms with Crippen LogP contribution in [0, 0.1) is 12.8 Å². The number of aromatic nitrogens is 1. The van der Waals surface area contributed by atoms with E-state index in [1.807, 2.05) is 13.8 Å². The second-order valence-electron chi connectivity index (χ2n) is 5.21. The lowest BCUT2D eigenvalue weighted by atomic mass is 9.84. The number of carbonyl (C=O) groups is 2. The fraction of sp³-hybridized carbons (Fsp3) is 0.643. The average Bonchev–Trinajstić information content (AvgIpc) is 2.71. The van der Waals surface area contributed by atoms with Crippen molar-refractivity contribution in [2.45, 2.75) is 39.5 Å². The van der Waals surface area contributed by atoms with E-state index in [0.717, 1.165) is 30.6 Å². The van der Waals surface area contributed by atoms with E-state index in [2.05, 4.69) is 10.3 Å². The van der Waals surface area contributed by atoms with Crippen LogP contribution in [-0.2, 0) is 9.59 Å². The summed E-state index contributed by atoms with van der Waals surface area (Å²) in [5.74, 6) is 0.0977. The summed E-state index contributed by atoms with van der Waals surface area (Å²) in [6.45, 7) is 4.72. The maximum Gasteiger partial charge on any atom is 0.245 e. The summed E-state index contributed by atoms with van der Waals surface area (Å²) in [4.78, 5) is 31.1. The van der Waals surface area contributed by atoms with Gasteiger partial charge in [-0.05, 0) is 26.2 Å². The highest BCUT2D eigenvalue weighted by atomic mass is 32.1. The molecule has 1 heterocycles. The Morgan fingerprint density at radius 1 is 1.50 bits per heavy atom. The molecular weight excluding hydrogens is 274 g/mol. The topological polar surface area (TPSA) is 62.3 Å². The first-order chi connectivity index (χ1) is 9.60. The minimum atomic E-state index is -0.166. The SMILES string of the molecule is CCCN(CC(=O)Nc1ncc(C)s1)C(=O)C1CCC1. The van der Waals surface area contributed by atoms with Gasteiger partial charge >= 0.3 is 0 Å². The van der Waals surface area contributed by atoms with Crippen LogP contribution in [0.15, 0.2) is 6.20 Å². The van der Waals surface area contributed by atoms with Gasteiger partial charge in [-0.1, -0.05) is 13.3 Å². The Morgan fingerprint density at radius 2 is 2.25 bits per heavy atom. The molecule has 0 bridgehead atoms. The summed E-state index contributed by atoms with van der Waals surface area (Å²) in [7, 11) is 0. The molecule has 0 aliphatic heterocycles. The number of nitrogens with one attached hydrogen (secondary N) is 1. The monoisotopic (exact) mass is 295 g/mol. The van der Waals surface area contributed by atoms with Crippen LogP contribution in [0.2, 0.25) is 0 Å². The predicted molar refractivity (Wildman–Crippen MR) is 79.7 cm³/mol. The highest BCUT2D eigenvalue weighted by molar-refractivity contribution is 7.15. The van der Waals surface area contributed by atoms with E-state index in [-0.39, 0.29) is 24.3 Å². The number of hydrogen-bond acceptors (Lipinski definition) is 4.